The number of benzene rings is 2. The maximum absolute atomic E-state index is 5.46. The molecule has 0 unspecified atom stereocenters. The van der Waals surface area contributed by atoms with Gasteiger partial charge in [0.1, 0.15) is 5.75 Å². The summed E-state index contributed by atoms with van der Waals surface area (Å²) in [5.74, 6) is 0.838. The molecule has 0 spiro atoms. The molecule has 0 aliphatic carbocycles. The quantitative estimate of drug-likeness (QED) is 0.831. The largest absolute Gasteiger partial charge is 0.496 e. The van der Waals surface area contributed by atoms with Crippen LogP contribution in [0.15, 0.2) is 48.5 Å². The van der Waals surface area contributed by atoms with Crippen molar-refractivity contribution in [2.75, 3.05) is 12.4 Å². The van der Waals surface area contributed by atoms with E-state index in [2.05, 4.69) is 5.32 Å². The van der Waals surface area contributed by atoms with Gasteiger partial charge in [0.25, 0.3) is 0 Å². The molecule has 0 heterocycles. The summed E-state index contributed by atoms with van der Waals surface area (Å²) in [7, 11) is 1.66. The molecule has 0 saturated carbocycles. The number of thiocarbonyl (C=S) groups is 1. The molecular formula is C14H14N2OS. The van der Waals surface area contributed by atoms with Gasteiger partial charge >= 0.3 is 0 Å². The van der Waals surface area contributed by atoms with Crippen LogP contribution >= 0.6 is 12.2 Å². The lowest BCUT2D eigenvalue weighted by Crippen LogP contribution is -2.18. The van der Waals surface area contributed by atoms with Gasteiger partial charge in [-0.3, -0.25) is 0 Å². The van der Waals surface area contributed by atoms with Gasteiger partial charge < -0.3 is 15.8 Å². The van der Waals surface area contributed by atoms with E-state index in [0.29, 0.717) is 0 Å². The summed E-state index contributed by atoms with van der Waals surface area (Å²) in [6, 6.07) is 15.7. The summed E-state index contributed by atoms with van der Waals surface area (Å²) in [5, 5.41) is 3.18. The minimum absolute atomic E-state index is 0.257. The first-order valence-electron chi connectivity index (χ1n) is 5.50. The summed E-state index contributed by atoms with van der Waals surface area (Å²) in [4.78, 5) is 0. The Labute approximate surface area is 112 Å². The zero-order chi connectivity index (χ0) is 13.0. The normalized spacial score (nSPS) is 9.83. The van der Waals surface area contributed by atoms with Crippen LogP contribution in [0.4, 0.5) is 5.69 Å². The van der Waals surface area contributed by atoms with Crippen molar-refractivity contribution in [2.45, 2.75) is 0 Å². The van der Waals surface area contributed by atoms with Crippen molar-refractivity contribution < 1.29 is 4.74 Å². The van der Waals surface area contributed by atoms with Crippen LogP contribution in [0.2, 0.25) is 0 Å². The summed E-state index contributed by atoms with van der Waals surface area (Å²) < 4.78 is 5.35. The molecule has 0 aromatic heterocycles. The monoisotopic (exact) mass is 258 g/mol. The Morgan fingerprint density at radius 1 is 1.17 bits per heavy atom. The maximum atomic E-state index is 5.46. The number of hydrogen-bond donors (Lipinski definition) is 2. The summed E-state index contributed by atoms with van der Waals surface area (Å²) in [6.07, 6.45) is 0. The Bertz CT molecular complexity index is 569. The van der Waals surface area contributed by atoms with Gasteiger partial charge in [-0.05, 0) is 36.0 Å². The number of hydrogen-bond acceptors (Lipinski definition) is 2. The second-order valence-electron chi connectivity index (χ2n) is 3.77. The number of nitrogens with one attached hydrogen (secondary N) is 1. The molecule has 4 heteroatoms. The fourth-order valence-electron chi connectivity index (χ4n) is 1.79. The van der Waals surface area contributed by atoms with Crippen molar-refractivity contribution in [3.63, 3.8) is 0 Å². The molecular weight excluding hydrogens is 244 g/mol. The molecule has 0 saturated heterocycles. The minimum Gasteiger partial charge on any atom is -0.496 e. The number of methoxy groups -OCH3 is 1. The molecule has 18 heavy (non-hydrogen) atoms. The predicted octanol–water partition coefficient (Wildman–Crippen LogP) is 3.02. The fourth-order valence-corrected chi connectivity index (χ4v) is 1.91. The summed E-state index contributed by atoms with van der Waals surface area (Å²) in [5.41, 5.74) is 8.42. The average Bonchev–Trinajstić information content (AvgIpc) is 2.38. The highest BCUT2D eigenvalue weighted by Gasteiger charge is 2.05. The molecule has 0 bridgehead atoms. The van der Waals surface area contributed by atoms with E-state index < -0.39 is 0 Å². The Morgan fingerprint density at radius 3 is 2.67 bits per heavy atom. The molecule has 0 atom stereocenters. The van der Waals surface area contributed by atoms with E-state index in [1.54, 1.807) is 7.11 Å². The van der Waals surface area contributed by atoms with Crippen LogP contribution in [0.5, 0.6) is 5.75 Å². The molecule has 2 rings (SSSR count). The first-order valence-corrected chi connectivity index (χ1v) is 5.91. The average molecular weight is 258 g/mol. The van der Waals surface area contributed by atoms with Crippen LogP contribution in [-0.4, -0.2) is 12.2 Å². The standard InChI is InChI=1S/C14H14N2OS/c1-17-13-8-3-2-7-12(13)10-5-4-6-11(9-10)16-14(15)18/h2-9H,1H3,(H3,15,16,18). The lowest BCUT2D eigenvalue weighted by molar-refractivity contribution is 0.416. The maximum Gasteiger partial charge on any atom is 0.168 e. The van der Waals surface area contributed by atoms with Gasteiger partial charge in [0, 0.05) is 11.3 Å². The zero-order valence-corrected chi connectivity index (χ0v) is 10.8. The minimum atomic E-state index is 0.257. The van der Waals surface area contributed by atoms with Crippen LogP contribution in [0.1, 0.15) is 0 Å². The SMILES string of the molecule is COc1ccccc1-c1cccc(NC(N)=S)c1. The van der Waals surface area contributed by atoms with E-state index >= 15 is 0 Å². The van der Waals surface area contributed by atoms with E-state index in [9.17, 15) is 0 Å². The van der Waals surface area contributed by atoms with Crippen LogP contribution in [0.3, 0.4) is 0 Å². The molecule has 0 aliphatic heterocycles. The van der Waals surface area contributed by atoms with E-state index in [0.717, 1.165) is 22.6 Å². The molecule has 0 amide bonds. The van der Waals surface area contributed by atoms with E-state index in [1.807, 2.05) is 48.5 Å². The third kappa shape index (κ3) is 2.78. The number of anilines is 1. The highest BCUT2D eigenvalue weighted by Crippen LogP contribution is 2.30. The molecule has 2 aromatic carbocycles. The van der Waals surface area contributed by atoms with Gasteiger partial charge in [-0.2, -0.15) is 0 Å². The summed E-state index contributed by atoms with van der Waals surface area (Å²) >= 11 is 4.83. The van der Waals surface area contributed by atoms with Crippen LogP contribution in [0.25, 0.3) is 11.1 Å². The number of rotatable bonds is 3. The van der Waals surface area contributed by atoms with Gasteiger partial charge in [0.15, 0.2) is 5.11 Å². The summed E-state index contributed by atoms with van der Waals surface area (Å²) in [6.45, 7) is 0. The smallest absolute Gasteiger partial charge is 0.168 e. The molecule has 0 aliphatic rings. The highest BCUT2D eigenvalue weighted by atomic mass is 32.1. The fraction of sp³-hybridized carbons (Fsp3) is 0.0714. The molecule has 0 radical (unpaired) electrons. The number of para-hydroxylation sites is 1. The Morgan fingerprint density at radius 2 is 1.94 bits per heavy atom. The molecule has 3 nitrogen and oxygen atoms in total. The predicted molar refractivity (Wildman–Crippen MR) is 78.8 cm³/mol. The lowest BCUT2D eigenvalue weighted by atomic mass is 10.0. The zero-order valence-electron chi connectivity index (χ0n) is 10.0. The van der Waals surface area contributed by atoms with Crippen molar-refractivity contribution in [1.82, 2.24) is 0 Å². The van der Waals surface area contributed by atoms with E-state index in [4.69, 9.17) is 22.7 Å². The third-order valence-electron chi connectivity index (χ3n) is 2.55. The van der Waals surface area contributed by atoms with Gasteiger partial charge in [0.2, 0.25) is 0 Å². The first kappa shape index (κ1) is 12.4. The molecule has 2 aromatic rings. The van der Waals surface area contributed by atoms with Gasteiger partial charge in [-0.1, -0.05) is 30.3 Å². The second kappa shape index (κ2) is 5.51. The third-order valence-corrected chi connectivity index (χ3v) is 2.65. The topological polar surface area (TPSA) is 47.3 Å². The van der Waals surface area contributed by atoms with Crippen LogP contribution in [0, 0.1) is 0 Å². The van der Waals surface area contributed by atoms with Gasteiger partial charge in [0.05, 0.1) is 7.11 Å². The van der Waals surface area contributed by atoms with Crippen molar-refractivity contribution >= 4 is 23.0 Å². The lowest BCUT2D eigenvalue weighted by Gasteiger charge is -2.10. The Balaban J connectivity index is 2.41. The Kier molecular flexibility index (Phi) is 3.79. The molecule has 0 fully saturated rings. The number of ether oxygens (including phenoxy) is 1. The first-order chi connectivity index (χ1) is 8.70. The van der Waals surface area contributed by atoms with E-state index in [1.165, 1.54) is 0 Å². The van der Waals surface area contributed by atoms with Crippen molar-refractivity contribution in [3.05, 3.63) is 48.5 Å². The Hall–Kier alpha value is -2.07. The van der Waals surface area contributed by atoms with Gasteiger partial charge in [-0.15, -0.1) is 0 Å². The van der Waals surface area contributed by atoms with Crippen LogP contribution < -0.4 is 15.8 Å². The number of nitrogens with two attached hydrogens (primary N) is 1. The van der Waals surface area contributed by atoms with Crippen molar-refractivity contribution in [3.8, 4) is 16.9 Å². The van der Waals surface area contributed by atoms with Gasteiger partial charge in [-0.25, -0.2) is 0 Å². The highest BCUT2D eigenvalue weighted by molar-refractivity contribution is 7.80. The van der Waals surface area contributed by atoms with Crippen LogP contribution in [-0.2, 0) is 0 Å². The molecule has 3 N–H and O–H groups in total. The molecule has 92 valence electrons. The van der Waals surface area contributed by atoms with Crippen molar-refractivity contribution in [2.24, 2.45) is 5.73 Å². The van der Waals surface area contributed by atoms with Crippen molar-refractivity contribution in [1.29, 1.82) is 0 Å². The van der Waals surface area contributed by atoms with E-state index in [-0.39, 0.29) is 5.11 Å². The second-order valence-corrected chi connectivity index (χ2v) is 4.21.